The van der Waals surface area contributed by atoms with E-state index in [4.69, 9.17) is 33.7 Å². The molecule has 0 aliphatic carbocycles. The van der Waals surface area contributed by atoms with E-state index < -0.39 is 0 Å². The monoisotopic (exact) mass is 290 g/mol. The maximum Gasteiger partial charge on any atom is 0.0637 e. The molecule has 1 aromatic rings. The minimum absolute atomic E-state index is 0.481. The predicted molar refractivity (Wildman–Crippen MR) is 79.8 cm³/mol. The van der Waals surface area contributed by atoms with E-state index in [0.717, 1.165) is 18.8 Å². The topological polar surface area (TPSA) is 38.5 Å². The SMILES string of the molecule is COCCN(CC(C)C)c1cc(Cl)c(Cl)cc1N. The minimum Gasteiger partial charge on any atom is -0.397 e. The Kier molecular flexibility index (Phi) is 6.06. The number of hydrogen-bond donors (Lipinski definition) is 1. The molecule has 0 radical (unpaired) electrons. The Labute approximate surface area is 119 Å². The Morgan fingerprint density at radius 1 is 1.28 bits per heavy atom. The minimum atomic E-state index is 0.481. The predicted octanol–water partition coefficient (Wildman–Crippen LogP) is 3.68. The van der Waals surface area contributed by atoms with Gasteiger partial charge in [-0.05, 0) is 18.1 Å². The molecule has 0 fully saturated rings. The van der Waals surface area contributed by atoms with Crippen LogP contribution in [-0.4, -0.2) is 26.8 Å². The van der Waals surface area contributed by atoms with Crippen LogP contribution in [0.4, 0.5) is 11.4 Å². The quantitative estimate of drug-likeness (QED) is 0.812. The molecule has 0 saturated carbocycles. The number of halogens is 2. The lowest BCUT2D eigenvalue weighted by molar-refractivity contribution is 0.204. The highest BCUT2D eigenvalue weighted by molar-refractivity contribution is 6.42. The van der Waals surface area contributed by atoms with Crippen LogP contribution in [0.2, 0.25) is 10.0 Å². The highest BCUT2D eigenvalue weighted by Crippen LogP contribution is 2.33. The summed E-state index contributed by atoms with van der Waals surface area (Å²) in [6, 6.07) is 3.51. The maximum atomic E-state index is 6.06. The van der Waals surface area contributed by atoms with Crippen LogP contribution in [0.5, 0.6) is 0 Å². The number of nitrogens with two attached hydrogens (primary N) is 1. The van der Waals surface area contributed by atoms with Gasteiger partial charge < -0.3 is 15.4 Å². The molecule has 0 aliphatic heterocycles. The van der Waals surface area contributed by atoms with Crippen molar-refractivity contribution in [1.29, 1.82) is 0 Å². The summed E-state index contributed by atoms with van der Waals surface area (Å²) in [7, 11) is 1.69. The van der Waals surface area contributed by atoms with E-state index in [9.17, 15) is 0 Å². The summed E-state index contributed by atoms with van der Waals surface area (Å²) in [5.74, 6) is 0.524. The third-order valence-electron chi connectivity index (χ3n) is 2.56. The van der Waals surface area contributed by atoms with E-state index >= 15 is 0 Å². The number of anilines is 2. The van der Waals surface area contributed by atoms with Gasteiger partial charge in [-0.2, -0.15) is 0 Å². The Morgan fingerprint density at radius 2 is 1.89 bits per heavy atom. The first-order chi connectivity index (χ1) is 8.45. The summed E-state index contributed by atoms with van der Waals surface area (Å²) in [5, 5.41) is 1.00. The van der Waals surface area contributed by atoms with Gasteiger partial charge in [0.2, 0.25) is 0 Å². The van der Waals surface area contributed by atoms with Crippen LogP contribution in [0.15, 0.2) is 12.1 Å². The van der Waals surface area contributed by atoms with Gasteiger partial charge in [0, 0.05) is 20.2 Å². The van der Waals surface area contributed by atoms with E-state index in [1.807, 2.05) is 6.07 Å². The van der Waals surface area contributed by atoms with E-state index in [2.05, 4.69) is 18.7 Å². The summed E-state index contributed by atoms with van der Waals surface area (Å²) in [5.41, 5.74) is 7.57. The lowest BCUT2D eigenvalue weighted by atomic mass is 10.1. The fraction of sp³-hybridized carbons (Fsp3) is 0.538. The van der Waals surface area contributed by atoms with Gasteiger partial charge in [0.15, 0.2) is 0 Å². The Morgan fingerprint density at radius 3 is 2.44 bits per heavy atom. The van der Waals surface area contributed by atoms with Gasteiger partial charge in [-0.3, -0.25) is 0 Å². The van der Waals surface area contributed by atoms with Crippen molar-refractivity contribution in [3.8, 4) is 0 Å². The maximum absolute atomic E-state index is 6.06. The Bertz CT molecular complexity index is 397. The standard InChI is InChI=1S/C13H20Cl2N2O/c1-9(2)8-17(4-5-18-3)13-7-11(15)10(14)6-12(13)16/h6-7,9H,4-5,8,16H2,1-3H3. The van der Waals surface area contributed by atoms with Crippen molar-refractivity contribution in [1.82, 2.24) is 0 Å². The second kappa shape index (κ2) is 7.07. The van der Waals surface area contributed by atoms with Crippen LogP contribution in [0.1, 0.15) is 13.8 Å². The summed E-state index contributed by atoms with van der Waals surface area (Å²) >= 11 is 12.0. The summed E-state index contributed by atoms with van der Waals surface area (Å²) in [6.07, 6.45) is 0. The largest absolute Gasteiger partial charge is 0.397 e. The van der Waals surface area contributed by atoms with Crippen molar-refractivity contribution in [3.05, 3.63) is 22.2 Å². The van der Waals surface area contributed by atoms with Crippen molar-refractivity contribution < 1.29 is 4.74 Å². The lowest BCUT2D eigenvalue weighted by Crippen LogP contribution is -2.31. The number of ether oxygens (including phenoxy) is 1. The highest BCUT2D eigenvalue weighted by Gasteiger charge is 2.13. The molecule has 0 unspecified atom stereocenters. The van der Waals surface area contributed by atoms with Crippen molar-refractivity contribution in [3.63, 3.8) is 0 Å². The fourth-order valence-corrected chi connectivity index (χ4v) is 2.11. The fourth-order valence-electron chi connectivity index (χ4n) is 1.78. The zero-order valence-electron chi connectivity index (χ0n) is 11.0. The van der Waals surface area contributed by atoms with Gasteiger partial charge in [-0.1, -0.05) is 37.0 Å². The molecule has 0 aromatic heterocycles. The molecule has 102 valence electrons. The first kappa shape index (κ1) is 15.4. The number of methoxy groups -OCH3 is 1. The van der Waals surface area contributed by atoms with Crippen molar-refractivity contribution in [2.75, 3.05) is 37.4 Å². The second-order valence-corrected chi connectivity index (χ2v) is 5.47. The van der Waals surface area contributed by atoms with Gasteiger partial charge in [0.1, 0.15) is 0 Å². The molecule has 0 amide bonds. The number of benzene rings is 1. The molecule has 2 N–H and O–H groups in total. The third kappa shape index (κ3) is 4.23. The molecule has 0 saturated heterocycles. The first-order valence-corrected chi connectivity index (χ1v) is 6.69. The van der Waals surface area contributed by atoms with Crippen LogP contribution in [0.25, 0.3) is 0 Å². The average molecular weight is 291 g/mol. The third-order valence-corrected chi connectivity index (χ3v) is 3.28. The summed E-state index contributed by atoms with van der Waals surface area (Å²) in [4.78, 5) is 2.17. The van der Waals surface area contributed by atoms with E-state index in [1.165, 1.54) is 0 Å². The van der Waals surface area contributed by atoms with Crippen LogP contribution < -0.4 is 10.6 Å². The molecular formula is C13H20Cl2N2O. The van der Waals surface area contributed by atoms with E-state index in [-0.39, 0.29) is 0 Å². The zero-order chi connectivity index (χ0) is 13.7. The van der Waals surface area contributed by atoms with Crippen molar-refractivity contribution >= 4 is 34.6 Å². The van der Waals surface area contributed by atoms with Crippen molar-refractivity contribution in [2.45, 2.75) is 13.8 Å². The normalized spacial score (nSPS) is 11.0. The average Bonchev–Trinajstić information content (AvgIpc) is 2.29. The lowest BCUT2D eigenvalue weighted by Gasteiger charge is -2.28. The van der Waals surface area contributed by atoms with Gasteiger partial charge in [-0.25, -0.2) is 0 Å². The van der Waals surface area contributed by atoms with Gasteiger partial charge in [0.05, 0.1) is 28.0 Å². The van der Waals surface area contributed by atoms with E-state index in [1.54, 1.807) is 13.2 Å². The van der Waals surface area contributed by atoms with Gasteiger partial charge in [-0.15, -0.1) is 0 Å². The first-order valence-electron chi connectivity index (χ1n) is 5.94. The molecule has 5 heteroatoms. The summed E-state index contributed by atoms with van der Waals surface area (Å²) in [6.45, 7) is 6.63. The molecule has 18 heavy (non-hydrogen) atoms. The molecule has 0 aliphatic rings. The van der Waals surface area contributed by atoms with Crippen LogP contribution in [0, 0.1) is 5.92 Å². The molecule has 0 heterocycles. The van der Waals surface area contributed by atoms with Crippen LogP contribution >= 0.6 is 23.2 Å². The molecule has 0 atom stereocenters. The smallest absolute Gasteiger partial charge is 0.0637 e. The highest BCUT2D eigenvalue weighted by atomic mass is 35.5. The summed E-state index contributed by atoms with van der Waals surface area (Å²) < 4.78 is 5.13. The number of hydrogen-bond acceptors (Lipinski definition) is 3. The van der Waals surface area contributed by atoms with Crippen molar-refractivity contribution in [2.24, 2.45) is 5.92 Å². The molecule has 3 nitrogen and oxygen atoms in total. The molecule has 1 rings (SSSR count). The van der Waals surface area contributed by atoms with Gasteiger partial charge in [0.25, 0.3) is 0 Å². The molecule has 0 spiro atoms. The number of nitrogens with zero attached hydrogens (tertiary/aromatic N) is 1. The molecule has 0 bridgehead atoms. The molecular weight excluding hydrogens is 271 g/mol. The Hall–Kier alpha value is -0.640. The number of nitrogen functional groups attached to an aromatic ring is 1. The second-order valence-electron chi connectivity index (χ2n) is 4.66. The molecule has 1 aromatic carbocycles. The number of rotatable bonds is 6. The van der Waals surface area contributed by atoms with E-state index in [0.29, 0.717) is 28.3 Å². The Balaban J connectivity index is 2.99. The van der Waals surface area contributed by atoms with Gasteiger partial charge >= 0.3 is 0 Å². The zero-order valence-corrected chi connectivity index (χ0v) is 12.6. The van der Waals surface area contributed by atoms with Crippen LogP contribution in [0.3, 0.4) is 0 Å². The van der Waals surface area contributed by atoms with Crippen LogP contribution in [-0.2, 0) is 4.74 Å².